The molecule has 0 aliphatic heterocycles. The van der Waals surface area contributed by atoms with Crippen molar-refractivity contribution in [2.24, 2.45) is 23.7 Å². The van der Waals surface area contributed by atoms with Crippen LogP contribution in [0.15, 0.2) is 164 Å². The highest BCUT2D eigenvalue weighted by molar-refractivity contribution is 7.25. The fourth-order valence-corrected chi connectivity index (χ4v) is 11.7. The van der Waals surface area contributed by atoms with E-state index in [1.807, 2.05) is 11.3 Å². The molecule has 0 amide bonds. The average Bonchev–Trinajstić information content (AvgIpc) is 3.62. The molecule has 282 valence electrons. The lowest BCUT2D eigenvalue weighted by Gasteiger charge is -2.48. The van der Waals surface area contributed by atoms with Gasteiger partial charge in [0.25, 0.3) is 0 Å². The Morgan fingerprint density at radius 1 is 0.509 bits per heavy atom. The third-order valence-electron chi connectivity index (χ3n) is 12.8. The number of para-hydroxylation sites is 2. The molecule has 2 aliphatic rings. The van der Waals surface area contributed by atoms with Crippen molar-refractivity contribution < 1.29 is 4.74 Å². The standard InChI is InChI=1S/C54H49NOS/c1-35-30-39-32-36(2)33-40(31-35)53(39)47-29-28-43(34-50(47)56-49-21-11-7-14-37(49)3)55(41-15-5-4-6-16-41)42-26-24-38(25-27-42)44-17-8-9-18-45(44)46-20-13-23-52-54(46)48-19-10-12-22-51(48)57-52/h4-29,34-36,39-40,53H,30-33H2,1-3H3. The van der Waals surface area contributed by atoms with Gasteiger partial charge in [0, 0.05) is 43.3 Å². The van der Waals surface area contributed by atoms with Gasteiger partial charge in [-0.05, 0) is 144 Å². The van der Waals surface area contributed by atoms with E-state index in [0.717, 1.165) is 46.0 Å². The normalized spacial score (nSPS) is 20.4. The maximum atomic E-state index is 7.03. The molecule has 2 saturated carbocycles. The third-order valence-corrected chi connectivity index (χ3v) is 14.0. The van der Waals surface area contributed by atoms with Crippen LogP contribution in [0.2, 0.25) is 0 Å². The highest BCUT2D eigenvalue weighted by Gasteiger charge is 2.43. The van der Waals surface area contributed by atoms with Crippen LogP contribution < -0.4 is 9.64 Å². The molecule has 0 unspecified atom stereocenters. The Bertz CT molecular complexity index is 2660. The fraction of sp³-hybridized carbons (Fsp3) is 0.222. The van der Waals surface area contributed by atoms with Gasteiger partial charge in [-0.1, -0.05) is 123 Å². The Kier molecular flexibility index (Phi) is 9.43. The largest absolute Gasteiger partial charge is 0.457 e. The molecule has 10 rings (SSSR count). The number of hydrogen-bond donors (Lipinski definition) is 0. The lowest BCUT2D eigenvalue weighted by molar-refractivity contribution is 0.0784. The van der Waals surface area contributed by atoms with Gasteiger partial charge in [-0.3, -0.25) is 0 Å². The number of aryl methyl sites for hydroxylation is 1. The van der Waals surface area contributed by atoms with Crippen LogP contribution in [0.25, 0.3) is 42.4 Å². The molecule has 7 aromatic carbocycles. The van der Waals surface area contributed by atoms with Crippen LogP contribution in [0.1, 0.15) is 56.6 Å². The molecule has 57 heavy (non-hydrogen) atoms. The van der Waals surface area contributed by atoms with Crippen molar-refractivity contribution in [2.45, 2.75) is 52.4 Å². The van der Waals surface area contributed by atoms with E-state index in [2.05, 4.69) is 189 Å². The summed E-state index contributed by atoms with van der Waals surface area (Å²) in [5.74, 6) is 5.41. The second-order valence-electron chi connectivity index (χ2n) is 16.8. The molecular formula is C54H49NOS. The lowest BCUT2D eigenvalue weighted by Crippen LogP contribution is -2.37. The van der Waals surface area contributed by atoms with Gasteiger partial charge in [0.2, 0.25) is 0 Å². The van der Waals surface area contributed by atoms with Crippen LogP contribution in [-0.4, -0.2) is 0 Å². The van der Waals surface area contributed by atoms with Crippen molar-refractivity contribution in [3.63, 3.8) is 0 Å². The number of benzene rings is 7. The van der Waals surface area contributed by atoms with Gasteiger partial charge in [-0.15, -0.1) is 11.3 Å². The molecule has 0 atom stereocenters. The summed E-state index contributed by atoms with van der Waals surface area (Å²) in [6.45, 7) is 7.08. The Morgan fingerprint density at radius 2 is 1.11 bits per heavy atom. The Morgan fingerprint density at radius 3 is 1.86 bits per heavy atom. The number of hydrogen-bond acceptors (Lipinski definition) is 3. The minimum absolute atomic E-state index is 0.521. The summed E-state index contributed by atoms with van der Waals surface area (Å²) >= 11 is 1.87. The summed E-state index contributed by atoms with van der Waals surface area (Å²) in [5, 5.41) is 2.66. The maximum absolute atomic E-state index is 7.03. The van der Waals surface area contributed by atoms with Crippen LogP contribution in [-0.2, 0) is 0 Å². The number of thiophene rings is 1. The molecule has 3 heteroatoms. The van der Waals surface area contributed by atoms with Crippen molar-refractivity contribution in [3.8, 4) is 33.8 Å². The summed E-state index contributed by atoms with van der Waals surface area (Å²) < 4.78 is 9.68. The first-order valence-corrected chi connectivity index (χ1v) is 21.6. The van der Waals surface area contributed by atoms with Crippen molar-refractivity contribution in [1.82, 2.24) is 0 Å². The highest BCUT2D eigenvalue weighted by Crippen LogP contribution is 2.56. The molecule has 0 radical (unpaired) electrons. The third kappa shape index (κ3) is 6.72. The van der Waals surface area contributed by atoms with E-state index in [4.69, 9.17) is 4.74 Å². The van der Waals surface area contributed by atoms with Crippen LogP contribution >= 0.6 is 11.3 Å². The van der Waals surface area contributed by atoms with E-state index in [1.54, 1.807) is 0 Å². The van der Waals surface area contributed by atoms with E-state index in [1.165, 1.54) is 73.7 Å². The highest BCUT2D eigenvalue weighted by atomic mass is 32.1. The number of anilines is 3. The van der Waals surface area contributed by atoms with Crippen molar-refractivity contribution in [3.05, 3.63) is 175 Å². The molecule has 2 fully saturated rings. The molecule has 1 aromatic heterocycles. The fourth-order valence-electron chi connectivity index (χ4n) is 10.5. The molecule has 0 saturated heterocycles. The molecule has 2 nitrogen and oxygen atoms in total. The first-order valence-electron chi connectivity index (χ1n) is 20.8. The van der Waals surface area contributed by atoms with E-state index >= 15 is 0 Å². The predicted molar refractivity (Wildman–Crippen MR) is 243 cm³/mol. The molecule has 2 bridgehead atoms. The number of rotatable bonds is 8. The Hall–Kier alpha value is -5.64. The zero-order valence-electron chi connectivity index (χ0n) is 33.1. The molecule has 0 N–H and O–H groups in total. The van der Waals surface area contributed by atoms with Crippen LogP contribution in [0.3, 0.4) is 0 Å². The zero-order valence-corrected chi connectivity index (χ0v) is 33.9. The number of ether oxygens (including phenoxy) is 1. The minimum atomic E-state index is 0.521. The van der Waals surface area contributed by atoms with E-state index < -0.39 is 0 Å². The summed E-state index contributed by atoms with van der Waals surface area (Å²) in [6, 6.07) is 59.9. The number of nitrogens with zero attached hydrogens (tertiary/aromatic N) is 1. The van der Waals surface area contributed by atoms with E-state index in [0.29, 0.717) is 17.8 Å². The number of fused-ring (bicyclic) bond motifs is 5. The monoisotopic (exact) mass is 759 g/mol. The summed E-state index contributed by atoms with van der Waals surface area (Å²) in [6.07, 6.45) is 5.23. The predicted octanol–water partition coefficient (Wildman–Crippen LogP) is 16.1. The first-order chi connectivity index (χ1) is 28.0. The Labute approximate surface area is 341 Å². The smallest absolute Gasteiger partial charge is 0.133 e. The van der Waals surface area contributed by atoms with Gasteiger partial charge in [0.1, 0.15) is 11.5 Å². The van der Waals surface area contributed by atoms with Crippen molar-refractivity contribution in [1.29, 1.82) is 0 Å². The zero-order chi connectivity index (χ0) is 38.5. The second-order valence-corrected chi connectivity index (χ2v) is 17.9. The van der Waals surface area contributed by atoms with Crippen LogP contribution in [0.4, 0.5) is 17.1 Å². The van der Waals surface area contributed by atoms with Crippen molar-refractivity contribution >= 4 is 48.6 Å². The SMILES string of the molecule is Cc1ccccc1Oc1cc(N(c2ccccc2)c2ccc(-c3ccccc3-c3cccc4sc5ccccc5c34)cc2)ccc1C1C2CC(C)CC1CC(C)C2. The van der Waals surface area contributed by atoms with Gasteiger partial charge in [-0.2, -0.15) is 0 Å². The molecular weight excluding hydrogens is 711 g/mol. The average molecular weight is 760 g/mol. The van der Waals surface area contributed by atoms with Gasteiger partial charge in [-0.25, -0.2) is 0 Å². The van der Waals surface area contributed by atoms with Gasteiger partial charge < -0.3 is 9.64 Å². The first kappa shape index (κ1) is 35.8. The van der Waals surface area contributed by atoms with Gasteiger partial charge in [0.15, 0.2) is 0 Å². The second kappa shape index (κ2) is 15.0. The van der Waals surface area contributed by atoms with Crippen LogP contribution in [0, 0.1) is 30.6 Å². The van der Waals surface area contributed by atoms with Crippen LogP contribution in [0.5, 0.6) is 11.5 Å². The van der Waals surface area contributed by atoms with Crippen molar-refractivity contribution in [2.75, 3.05) is 4.90 Å². The molecule has 0 spiro atoms. The topological polar surface area (TPSA) is 12.5 Å². The summed E-state index contributed by atoms with van der Waals surface area (Å²) in [7, 11) is 0. The molecule has 1 heterocycles. The summed E-state index contributed by atoms with van der Waals surface area (Å²) in [4.78, 5) is 2.38. The minimum Gasteiger partial charge on any atom is -0.457 e. The molecule has 8 aromatic rings. The van der Waals surface area contributed by atoms with E-state index in [9.17, 15) is 0 Å². The summed E-state index contributed by atoms with van der Waals surface area (Å²) in [5.41, 5.74) is 10.8. The van der Waals surface area contributed by atoms with E-state index in [-0.39, 0.29) is 0 Å². The lowest BCUT2D eigenvalue weighted by atomic mass is 9.57. The quantitative estimate of drug-likeness (QED) is 0.153. The molecule has 2 aliphatic carbocycles. The van der Waals surface area contributed by atoms with Gasteiger partial charge >= 0.3 is 0 Å². The van der Waals surface area contributed by atoms with Gasteiger partial charge in [0.05, 0.1) is 0 Å². The Balaban J connectivity index is 1.07. The maximum Gasteiger partial charge on any atom is 0.133 e.